The van der Waals surface area contributed by atoms with Gasteiger partial charge in [-0.15, -0.1) is 6.58 Å². The first-order valence-corrected chi connectivity index (χ1v) is 19.9. The average molecular weight is 738 g/mol. The van der Waals surface area contributed by atoms with Crippen molar-refractivity contribution in [2.24, 2.45) is 28.6 Å². The van der Waals surface area contributed by atoms with Gasteiger partial charge < -0.3 is 14.4 Å². The van der Waals surface area contributed by atoms with Crippen LogP contribution in [0.15, 0.2) is 36.9 Å². The lowest BCUT2D eigenvalue weighted by atomic mass is 9.75. The van der Waals surface area contributed by atoms with Gasteiger partial charge >= 0.3 is 6.09 Å². The van der Waals surface area contributed by atoms with Gasteiger partial charge in [0.05, 0.1) is 36.4 Å². The molecule has 3 fully saturated rings. The summed E-state index contributed by atoms with van der Waals surface area (Å²) in [4.78, 5) is 72.6. The highest BCUT2D eigenvalue weighted by Crippen LogP contribution is 2.57. The second kappa shape index (κ2) is 14.5. The van der Waals surface area contributed by atoms with Crippen LogP contribution >= 0.6 is 0 Å². The van der Waals surface area contributed by atoms with Crippen molar-refractivity contribution in [1.82, 2.24) is 14.5 Å². The number of amides is 3. The van der Waals surface area contributed by atoms with Crippen LogP contribution in [0.3, 0.4) is 0 Å². The van der Waals surface area contributed by atoms with Crippen LogP contribution in [0, 0.1) is 28.6 Å². The maximum absolute atomic E-state index is 14.6. The van der Waals surface area contributed by atoms with E-state index in [1.54, 1.807) is 11.0 Å². The molecule has 1 saturated heterocycles. The average Bonchev–Trinajstić information content (AvgIpc) is 3.97. The lowest BCUT2D eigenvalue weighted by molar-refractivity contribution is -0.146. The van der Waals surface area contributed by atoms with Crippen molar-refractivity contribution in [3.8, 4) is 0 Å². The van der Waals surface area contributed by atoms with E-state index < -0.39 is 73.8 Å². The fraction of sp³-hybridized carbons (Fsp3) is 0.615. The first-order chi connectivity index (χ1) is 24.5. The molecule has 2 aliphatic carbocycles. The molecule has 0 aromatic heterocycles. The van der Waals surface area contributed by atoms with E-state index in [2.05, 4.69) is 11.3 Å². The van der Waals surface area contributed by atoms with Gasteiger partial charge in [0.25, 0.3) is 0 Å². The number of ether oxygens (including phenoxy) is 2. The second-order valence-electron chi connectivity index (χ2n) is 16.4. The number of nitrogens with zero attached hydrogens (tertiary/aromatic N) is 2. The Morgan fingerprint density at radius 2 is 1.87 bits per heavy atom. The van der Waals surface area contributed by atoms with Gasteiger partial charge in [0.2, 0.25) is 21.8 Å². The van der Waals surface area contributed by atoms with Crippen molar-refractivity contribution in [3.05, 3.63) is 53.6 Å². The van der Waals surface area contributed by atoms with E-state index in [0.717, 1.165) is 16.7 Å². The summed E-state index contributed by atoms with van der Waals surface area (Å²) in [6, 6.07) is 4.83. The van der Waals surface area contributed by atoms with Crippen LogP contribution in [0.1, 0.15) is 89.3 Å². The van der Waals surface area contributed by atoms with E-state index in [0.29, 0.717) is 45.6 Å². The number of allylic oxidation sites excluding steroid dienone is 1. The number of nitrogens with one attached hydrogen (secondary N) is 1. The Labute approximate surface area is 306 Å². The molecule has 3 heterocycles. The summed E-state index contributed by atoms with van der Waals surface area (Å²) in [7, 11) is -3.86. The number of carbonyl (C=O) groups is 5. The molecule has 3 amide bonds. The van der Waals surface area contributed by atoms with Crippen LogP contribution in [0.25, 0.3) is 6.08 Å². The summed E-state index contributed by atoms with van der Waals surface area (Å²) >= 11 is 0. The SMILES string of the molecule is C=C[C@@H]1C[C@]1(CC(=O)[C@@H]1C[C@@H]2CN1C(=O)[C@H](C(C)(C)C)CC(=O)[C@@H](C)CCOC/C=C/c1cccc3c1CN(C3)C(=O)O2)C(=O)NS(=O)(=O)C1CC1. The maximum Gasteiger partial charge on any atom is 0.410 e. The molecule has 0 radical (unpaired) electrons. The number of fused-ring (bicyclic) bond motifs is 3. The van der Waals surface area contributed by atoms with Crippen LogP contribution in [0.2, 0.25) is 0 Å². The van der Waals surface area contributed by atoms with Gasteiger partial charge in [0.1, 0.15) is 11.9 Å². The topological polar surface area (TPSA) is 156 Å². The maximum atomic E-state index is 14.6. The number of benzene rings is 1. The van der Waals surface area contributed by atoms with Crippen molar-refractivity contribution >= 4 is 45.6 Å². The van der Waals surface area contributed by atoms with E-state index in [-0.39, 0.29) is 43.9 Å². The first-order valence-electron chi connectivity index (χ1n) is 18.4. The van der Waals surface area contributed by atoms with Crippen LogP contribution in [-0.4, -0.2) is 84.8 Å². The summed E-state index contributed by atoms with van der Waals surface area (Å²) in [5.41, 5.74) is 0.998. The first kappa shape index (κ1) is 37.9. The van der Waals surface area contributed by atoms with Crippen molar-refractivity contribution in [2.75, 3.05) is 19.8 Å². The third kappa shape index (κ3) is 7.90. The van der Waals surface area contributed by atoms with E-state index >= 15 is 0 Å². The van der Waals surface area contributed by atoms with E-state index in [9.17, 15) is 32.4 Å². The number of Topliss-reactive ketones (excluding diaryl/α,β-unsaturated/α-hetero) is 2. The Morgan fingerprint density at radius 1 is 1.12 bits per heavy atom. The molecule has 0 spiro atoms. The molecule has 0 unspecified atom stereocenters. The minimum Gasteiger partial charge on any atom is -0.444 e. The number of ketones is 2. The van der Waals surface area contributed by atoms with E-state index in [1.807, 2.05) is 58.0 Å². The minimum absolute atomic E-state index is 0.0144. The van der Waals surface area contributed by atoms with Gasteiger partial charge in [-0.05, 0) is 53.7 Å². The summed E-state index contributed by atoms with van der Waals surface area (Å²) in [5, 5.41) is -0.616. The third-order valence-electron chi connectivity index (χ3n) is 11.5. The molecule has 1 N–H and O–H groups in total. The summed E-state index contributed by atoms with van der Waals surface area (Å²) in [6.07, 6.45) is 5.41. The number of rotatable bonds is 7. The third-order valence-corrected chi connectivity index (χ3v) is 13.3. The molecule has 5 aliphatic rings. The fourth-order valence-corrected chi connectivity index (χ4v) is 9.19. The Kier molecular flexibility index (Phi) is 10.6. The zero-order chi connectivity index (χ0) is 37.6. The Hall–Kier alpha value is -3.84. The molecular weight excluding hydrogens is 687 g/mol. The molecule has 2 saturated carbocycles. The predicted molar refractivity (Wildman–Crippen MR) is 193 cm³/mol. The van der Waals surface area contributed by atoms with E-state index in [4.69, 9.17) is 9.47 Å². The highest BCUT2D eigenvalue weighted by Gasteiger charge is 2.61. The lowest BCUT2D eigenvalue weighted by Gasteiger charge is -2.35. The summed E-state index contributed by atoms with van der Waals surface area (Å²) < 4.78 is 39.4. The number of carbonyl (C=O) groups excluding carboxylic acids is 5. The number of hydrogen-bond donors (Lipinski definition) is 1. The summed E-state index contributed by atoms with van der Waals surface area (Å²) in [6.45, 7) is 12.6. The fourth-order valence-electron chi connectivity index (χ4n) is 7.80. The van der Waals surface area contributed by atoms with Crippen molar-refractivity contribution in [1.29, 1.82) is 0 Å². The Morgan fingerprint density at radius 3 is 2.54 bits per heavy atom. The molecule has 3 aliphatic heterocycles. The van der Waals surface area contributed by atoms with E-state index in [1.165, 1.54) is 4.90 Å². The Balaban J connectivity index is 1.28. The zero-order valence-corrected chi connectivity index (χ0v) is 31.4. The Bertz CT molecular complexity index is 1780. The molecule has 12 nitrogen and oxygen atoms in total. The zero-order valence-electron chi connectivity index (χ0n) is 30.6. The van der Waals surface area contributed by atoms with Gasteiger partial charge in [-0.25, -0.2) is 13.2 Å². The molecule has 13 heteroatoms. The van der Waals surface area contributed by atoms with Gasteiger partial charge in [-0.3, -0.25) is 28.8 Å². The lowest BCUT2D eigenvalue weighted by Crippen LogP contribution is -2.48. The highest BCUT2D eigenvalue weighted by molar-refractivity contribution is 7.90. The standard InChI is InChI=1S/C39H51N3O9S/c1-6-27-19-39(27,36(46)40-52(48,49)29-12-13-29)20-34(44)32-17-28-22-42(32)35(45)31(38(3,4)5)18-33(43)24(2)14-16-50-15-8-11-25-9-7-10-26-21-41(23-30(25)26)37(47)51-28/h6-11,24,27-29,31-32H,1,12-23H2,2-5H3,(H,40,46)/b11-8+/t24-,27+,28+,31+,32-,39+/m0/s1. The molecule has 6 atom stereocenters. The molecule has 52 heavy (non-hydrogen) atoms. The van der Waals surface area contributed by atoms with Gasteiger partial charge in [0.15, 0.2) is 5.78 Å². The summed E-state index contributed by atoms with van der Waals surface area (Å²) in [5.74, 6) is -3.21. The molecule has 6 rings (SSSR count). The monoisotopic (exact) mass is 737 g/mol. The minimum atomic E-state index is -3.86. The molecule has 4 bridgehead atoms. The van der Waals surface area contributed by atoms with Crippen LogP contribution in [-0.2, 0) is 51.8 Å². The van der Waals surface area contributed by atoms with Gasteiger partial charge in [-0.1, -0.05) is 64.1 Å². The second-order valence-corrected chi connectivity index (χ2v) is 18.3. The smallest absolute Gasteiger partial charge is 0.410 e. The highest BCUT2D eigenvalue weighted by atomic mass is 32.2. The van der Waals surface area contributed by atoms with Gasteiger partial charge in [0, 0.05) is 44.2 Å². The molecule has 282 valence electrons. The van der Waals surface area contributed by atoms with Crippen molar-refractivity contribution in [3.63, 3.8) is 0 Å². The van der Waals surface area contributed by atoms with Gasteiger partial charge in [-0.2, -0.15) is 0 Å². The quantitative estimate of drug-likeness (QED) is 0.397. The predicted octanol–water partition coefficient (Wildman–Crippen LogP) is 4.56. The number of hydrogen-bond acceptors (Lipinski definition) is 9. The number of sulfonamides is 1. The van der Waals surface area contributed by atoms with Crippen LogP contribution in [0.4, 0.5) is 4.79 Å². The largest absolute Gasteiger partial charge is 0.444 e. The molecular formula is C39H51N3O9S. The van der Waals surface area contributed by atoms with Crippen molar-refractivity contribution < 1.29 is 41.9 Å². The van der Waals surface area contributed by atoms with Crippen molar-refractivity contribution in [2.45, 2.75) is 103 Å². The van der Waals surface area contributed by atoms with Crippen LogP contribution < -0.4 is 4.72 Å². The van der Waals surface area contributed by atoms with Crippen LogP contribution in [0.5, 0.6) is 0 Å². The molecule has 1 aromatic rings. The molecule has 1 aromatic carbocycles. The normalized spacial score (nSPS) is 30.8.